The molecule has 50 heavy (non-hydrogen) atoms. The second-order valence-electron chi connectivity index (χ2n) is 14.6. The first-order valence-corrected chi connectivity index (χ1v) is 17.1. The van der Waals surface area contributed by atoms with E-state index in [9.17, 15) is 14.4 Å². The van der Waals surface area contributed by atoms with Gasteiger partial charge in [0.15, 0.2) is 5.75 Å². The number of carbonyl (C=O) groups is 3. The van der Waals surface area contributed by atoms with E-state index in [4.69, 9.17) is 30.8 Å². The molecule has 3 aromatic rings. The first-order valence-electron chi connectivity index (χ1n) is 16.8. The van der Waals surface area contributed by atoms with Crippen LogP contribution in [0.25, 0.3) is 11.3 Å². The van der Waals surface area contributed by atoms with Crippen molar-refractivity contribution in [3.05, 3.63) is 76.6 Å². The molecule has 0 bridgehead atoms. The lowest BCUT2D eigenvalue weighted by Crippen LogP contribution is -2.57. The molecule has 0 N–H and O–H groups in total. The summed E-state index contributed by atoms with van der Waals surface area (Å²) in [7, 11) is 1.70. The highest BCUT2D eigenvalue weighted by molar-refractivity contribution is 6.35. The number of piperazine rings is 1. The molecule has 2 fully saturated rings. The fraction of sp³-hybridized carbons (Fsp3) is 0.459. The Morgan fingerprint density at radius 1 is 1.08 bits per heavy atom. The van der Waals surface area contributed by atoms with Gasteiger partial charge >= 0.3 is 12.2 Å². The molecule has 2 aromatic carbocycles. The number of pyridine rings is 1. The summed E-state index contributed by atoms with van der Waals surface area (Å²) in [4.78, 5) is 52.5. The standard InChI is InChI=1S/C37H43ClFN5O6/c1-36(2,3)50-34(46)41(6)24-18-37(4,5)44(20-24)32-28-31(29(38)30(40-32)26-14-10-11-15-27(26)39)48-22-25-19-42(16-17-43(25)33(28)45)35(47)49-21-23-12-8-7-9-13-23/h7-15,24-25H,16-22H2,1-6H3/t24?,25-/m1/s1. The van der Waals surface area contributed by atoms with Gasteiger partial charge in [0, 0.05) is 44.3 Å². The average molecular weight is 708 g/mol. The summed E-state index contributed by atoms with van der Waals surface area (Å²) in [5, 5.41) is 0.0144. The number of amides is 3. The Labute approximate surface area is 296 Å². The molecule has 13 heteroatoms. The number of rotatable bonds is 5. The van der Waals surface area contributed by atoms with Crippen molar-refractivity contribution in [1.29, 1.82) is 0 Å². The number of likely N-dealkylation sites (N-methyl/N-ethyl adjacent to an activating group) is 1. The second kappa shape index (κ2) is 13.6. The number of aromatic nitrogens is 1. The normalized spacial score (nSPS) is 20.0. The third-order valence-corrected chi connectivity index (χ3v) is 9.74. The summed E-state index contributed by atoms with van der Waals surface area (Å²) in [5.41, 5.74) is 0.0449. The summed E-state index contributed by atoms with van der Waals surface area (Å²) in [6.07, 6.45) is -0.403. The van der Waals surface area contributed by atoms with Crippen LogP contribution in [0.5, 0.6) is 5.75 Å². The van der Waals surface area contributed by atoms with Crippen molar-refractivity contribution in [1.82, 2.24) is 19.7 Å². The lowest BCUT2D eigenvalue weighted by Gasteiger charge is -2.39. The lowest BCUT2D eigenvalue weighted by atomic mass is 9.99. The van der Waals surface area contributed by atoms with Gasteiger partial charge in [-0.25, -0.2) is 19.0 Å². The van der Waals surface area contributed by atoms with Gasteiger partial charge in [-0.05, 0) is 58.7 Å². The fourth-order valence-electron chi connectivity index (χ4n) is 6.77. The molecule has 1 aromatic heterocycles. The van der Waals surface area contributed by atoms with E-state index in [1.165, 1.54) is 6.07 Å². The molecule has 1 unspecified atom stereocenters. The first-order chi connectivity index (χ1) is 23.6. The maximum atomic E-state index is 15.3. The van der Waals surface area contributed by atoms with Crippen LogP contribution in [0.2, 0.25) is 5.02 Å². The first kappa shape index (κ1) is 35.3. The number of carbonyl (C=O) groups excluding carboxylic acids is 3. The third-order valence-electron chi connectivity index (χ3n) is 9.39. The van der Waals surface area contributed by atoms with E-state index in [-0.39, 0.29) is 78.2 Å². The molecule has 2 atom stereocenters. The monoisotopic (exact) mass is 707 g/mol. The lowest BCUT2D eigenvalue weighted by molar-refractivity contribution is 0.0233. The Bertz CT molecular complexity index is 1780. The predicted octanol–water partition coefficient (Wildman–Crippen LogP) is 6.62. The van der Waals surface area contributed by atoms with Gasteiger partial charge in [0.05, 0.1) is 17.8 Å². The number of benzene rings is 2. The Kier molecular flexibility index (Phi) is 9.60. The van der Waals surface area contributed by atoms with Crippen molar-refractivity contribution < 1.29 is 33.0 Å². The third kappa shape index (κ3) is 7.03. The number of hydrogen-bond donors (Lipinski definition) is 0. The van der Waals surface area contributed by atoms with Crippen LogP contribution in [-0.4, -0.2) is 101 Å². The molecule has 6 rings (SSSR count). The van der Waals surface area contributed by atoms with Gasteiger partial charge in [-0.15, -0.1) is 0 Å². The molecule has 11 nitrogen and oxygen atoms in total. The topological polar surface area (TPSA) is 105 Å². The molecule has 266 valence electrons. The summed E-state index contributed by atoms with van der Waals surface area (Å²) in [6, 6.07) is 14.8. The Morgan fingerprint density at radius 2 is 1.78 bits per heavy atom. The van der Waals surface area contributed by atoms with Crippen LogP contribution in [0.4, 0.5) is 19.8 Å². The molecule has 0 radical (unpaired) electrons. The number of nitrogens with zero attached hydrogens (tertiary/aromatic N) is 5. The van der Waals surface area contributed by atoms with Crippen LogP contribution in [0.3, 0.4) is 0 Å². The van der Waals surface area contributed by atoms with Gasteiger partial charge < -0.3 is 33.8 Å². The Balaban J connectivity index is 1.34. The number of anilines is 1. The highest BCUT2D eigenvalue weighted by atomic mass is 35.5. The molecule has 3 aliphatic rings. The minimum Gasteiger partial charge on any atom is -0.489 e. The van der Waals surface area contributed by atoms with E-state index in [2.05, 4.69) is 0 Å². The molecule has 0 aliphatic carbocycles. The molecule has 3 amide bonds. The van der Waals surface area contributed by atoms with Crippen molar-refractivity contribution in [3.8, 4) is 17.0 Å². The summed E-state index contributed by atoms with van der Waals surface area (Å²) >= 11 is 6.98. The fourth-order valence-corrected chi connectivity index (χ4v) is 7.07. The van der Waals surface area contributed by atoms with E-state index in [1.54, 1.807) is 39.9 Å². The van der Waals surface area contributed by atoms with Gasteiger partial charge in [0.1, 0.15) is 41.0 Å². The number of fused-ring (bicyclic) bond motifs is 2. The van der Waals surface area contributed by atoms with Crippen molar-refractivity contribution in [3.63, 3.8) is 0 Å². The molecular formula is C37H43ClFN5O6. The SMILES string of the molecule is CN(C(=O)OC(C)(C)C)C1CN(c2nc(-c3ccccc3F)c(Cl)c3c2C(=O)N2CCN(C(=O)OCc4ccccc4)C[C@@H]2CO3)C(C)(C)C1. The summed E-state index contributed by atoms with van der Waals surface area (Å²) in [5.74, 6) is -0.502. The predicted molar refractivity (Wildman–Crippen MR) is 187 cm³/mol. The van der Waals surface area contributed by atoms with Crippen LogP contribution in [0, 0.1) is 5.82 Å². The second-order valence-corrected chi connectivity index (χ2v) is 15.0. The molecule has 2 saturated heterocycles. The zero-order valence-corrected chi connectivity index (χ0v) is 30.0. The van der Waals surface area contributed by atoms with Crippen molar-refractivity contribution in [2.24, 2.45) is 0 Å². The molecule has 3 aliphatic heterocycles. The molecule has 4 heterocycles. The van der Waals surface area contributed by atoms with Crippen LogP contribution in [0.1, 0.15) is 57.0 Å². The van der Waals surface area contributed by atoms with E-state index < -0.39 is 35.2 Å². The Morgan fingerprint density at radius 3 is 2.48 bits per heavy atom. The van der Waals surface area contributed by atoms with Gasteiger partial charge in [-0.1, -0.05) is 54.1 Å². The smallest absolute Gasteiger partial charge is 0.410 e. The highest BCUT2D eigenvalue weighted by Gasteiger charge is 2.47. The van der Waals surface area contributed by atoms with Gasteiger partial charge in [0.2, 0.25) is 0 Å². The van der Waals surface area contributed by atoms with Crippen molar-refractivity contribution in [2.45, 2.75) is 70.9 Å². The number of hydrogen-bond acceptors (Lipinski definition) is 8. The maximum Gasteiger partial charge on any atom is 0.410 e. The van der Waals surface area contributed by atoms with E-state index in [1.807, 2.05) is 69.9 Å². The number of halogens is 2. The van der Waals surface area contributed by atoms with E-state index in [0.29, 0.717) is 13.0 Å². The minimum absolute atomic E-state index is 0.0144. The summed E-state index contributed by atoms with van der Waals surface area (Å²) in [6.45, 7) is 10.6. The van der Waals surface area contributed by atoms with Gasteiger partial charge in [-0.3, -0.25) is 4.79 Å². The minimum atomic E-state index is -0.675. The molecular weight excluding hydrogens is 665 g/mol. The molecule has 0 spiro atoms. The van der Waals surface area contributed by atoms with Crippen LogP contribution < -0.4 is 9.64 Å². The van der Waals surface area contributed by atoms with Gasteiger partial charge in [-0.2, -0.15) is 0 Å². The van der Waals surface area contributed by atoms with Crippen LogP contribution in [-0.2, 0) is 16.1 Å². The average Bonchev–Trinajstić information content (AvgIpc) is 3.31. The van der Waals surface area contributed by atoms with Crippen LogP contribution in [0.15, 0.2) is 54.6 Å². The Hall–Kier alpha value is -4.58. The maximum absolute atomic E-state index is 15.3. The van der Waals surface area contributed by atoms with Crippen LogP contribution >= 0.6 is 11.6 Å². The molecule has 0 saturated carbocycles. The zero-order chi connectivity index (χ0) is 36.0. The number of ether oxygens (including phenoxy) is 3. The largest absolute Gasteiger partial charge is 0.489 e. The summed E-state index contributed by atoms with van der Waals surface area (Å²) < 4.78 is 32.9. The van der Waals surface area contributed by atoms with Crippen molar-refractivity contribution >= 4 is 35.5 Å². The zero-order valence-electron chi connectivity index (χ0n) is 29.2. The quantitative estimate of drug-likeness (QED) is 0.292. The van der Waals surface area contributed by atoms with Crippen molar-refractivity contribution in [2.75, 3.05) is 44.7 Å². The van der Waals surface area contributed by atoms with E-state index in [0.717, 1.165) is 5.56 Å². The van der Waals surface area contributed by atoms with Gasteiger partial charge in [0.25, 0.3) is 5.91 Å². The van der Waals surface area contributed by atoms with E-state index >= 15 is 4.39 Å². The highest BCUT2D eigenvalue weighted by Crippen LogP contribution is 2.47.